The van der Waals surface area contributed by atoms with E-state index in [0.717, 1.165) is 12.5 Å². The van der Waals surface area contributed by atoms with E-state index in [1.165, 1.54) is 19.3 Å². The summed E-state index contributed by atoms with van der Waals surface area (Å²) in [6.07, 6.45) is 3.92. The van der Waals surface area contributed by atoms with Crippen molar-refractivity contribution in [1.29, 1.82) is 0 Å². The second kappa shape index (κ2) is 6.72. The molecule has 1 aromatic heterocycles. The monoisotopic (exact) mass is 279 g/mol. The third-order valence-corrected chi connectivity index (χ3v) is 3.05. The Labute approximate surface area is 120 Å². The van der Waals surface area contributed by atoms with E-state index in [4.69, 9.17) is 4.74 Å². The van der Waals surface area contributed by atoms with Crippen molar-refractivity contribution >= 4 is 11.9 Å². The highest BCUT2D eigenvalue weighted by Gasteiger charge is 2.24. The van der Waals surface area contributed by atoms with E-state index >= 15 is 0 Å². The topological polar surface area (TPSA) is 72.0 Å². The Bertz CT molecular complexity index is 434. The van der Waals surface area contributed by atoms with E-state index in [9.17, 15) is 0 Å². The highest BCUT2D eigenvalue weighted by molar-refractivity contribution is 5.36. The quantitative estimate of drug-likeness (QED) is 0.762. The van der Waals surface area contributed by atoms with Crippen LogP contribution in [0.4, 0.5) is 11.9 Å². The highest BCUT2D eigenvalue weighted by Crippen LogP contribution is 2.33. The van der Waals surface area contributed by atoms with Gasteiger partial charge >= 0.3 is 6.01 Å². The van der Waals surface area contributed by atoms with Gasteiger partial charge in [-0.2, -0.15) is 15.0 Å². The molecule has 0 aliphatic heterocycles. The van der Waals surface area contributed by atoms with Gasteiger partial charge in [-0.3, -0.25) is 0 Å². The fraction of sp³-hybridized carbons (Fsp3) is 0.786. The second-order valence-corrected chi connectivity index (χ2v) is 5.69. The summed E-state index contributed by atoms with van der Waals surface area (Å²) in [7, 11) is 0. The van der Waals surface area contributed by atoms with Crippen molar-refractivity contribution in [3.05, 3.63) is 0 Å². The Morgan fingerprint density at radius 3 is 2.45 bits per heavy atom. The first-order valence-corrected chi connectivity index (χ1v) is 7.50. The van der Waals surface area contributed by atoms with E-state index in [-0.39, 0.29) is 6.10 Å². The van der Waals surface area contributed by atoms with Crippen LogP contribution in [0.3, 0.4) is 0 Å². The molecule has 2 rings (SSSR count). The van der Waals surface area contributed by atoms with Crippen molar-refractivity contribution in [2.24, 2.45) is 5.92 Å². The van der Waals surface area contributed by atoms with Gasteiger partial charge in [0, 0.05) is 12.6 Å². The molecule has 1 heterocycles. The number of anilines is 2. The molecule has 0 saturated heterocycles. The van der Waals surface area contributed by atoms with Crippen LogP contribution in [0.15, 0.2) is 0 Å². The summed E-state index contributed by atoms with van der Waals surface area (Å²) in [6.45, 7) is 8.86. The maximum absolute atomic E-state index is 5.57. The number of nitrogens with one attached hydrogen (secondary N) is 2. The van der Waals surface area contributed by atoms with Gasteiger partial charge in [0.05, 0.1) is 6.10 Å². The molecule has 1 unspecified atom stereocenters. The predicted molar refractivity (Wildman–Crippen MR) is 80.2 cm³/mol. The Balaban J connectivity index is 2.05. The number of ether oxygens (including phenoxy) is 1. The van der Waals surface area contributed by atoms with Crippen LogP contribution >= 0.6 is 0 Å². The smallest absolute Gasteiger partial charge is 0.323 e. The normalized spacial score (nSPS) is 16.1. The molecule has 6 nitrogen and oxygen atoms in total. The van der Waals surface area contributed by atoms with Crippen molar-refractivity contribution < 1.29 is 4.74 Å². The number of hydrogen-bond acceptors (Lipinski definition) is 6. The maximum atomic E-state index is 5.57. The van der Waals surface area contributed by atoms with Gasteiger partial charge in [-0.15, -0.1) is 0 Å². The van der Waals surface area contributed by atoms with Gasteiger partial charge in [-0.1, -0.05) is 12.8 Å². The lowest BCUT2D eigenvalue weighted by Gasteiger charge is -2.15. The molecular weight excluding hydrogens is 254 g/mol. The summed E-state index contributed by atoms with van der Waals surface area (Å²) in [5.41, 5.74) is 0. The number of aromatic nitrogens is 3. The molecule has 0 aromatic carbocycles. The molecule has 1 aliphatic carbocycles. The van der Waals surface area contributed by atoms with Gasteiger partial charge in [0.2, 0.25) is 11.9 Å². The van der Waals surface area contributed by atoms with Gasteiger partial charge in [-0.05, 0) is 40.0 Å². The van der Waals surface area contributed by atoms with Crippen LogP contribution in [-0.2, 0) is 0 Å². The van der Waals surface area contributed by atoms with Gasteiger partial charge in [0.1, 0.15) is 0 Å². The minimum Gasteiger partial charge on any atom is -0.461 e. The predicted octanol–water partition coefficient (Wildman–Crippen LogP) is 2.69. The minimum absolute atomic E-state index is 0.0450. The zero-order valence-corrected chi connectivity index (χ0v) is 12.8. The SMILES string of the molecule is CCNc1nc(NC(C)CC2CC2)nc(OC(C)C)n1. The molecule has 112 valence electrons. The van der Waals surface area contributed by atoms with Crippen LogP contribution in [0.2, 0.25) is 0 Å². The summed E-state index contributed by atoms with van der Waals surface area (Å²) in [6, 6.07) is 0.735. The first-order valence-electron chi connectivity index (χ1n) is 7.50. The van der Waals surface area contributed by atoms with Crippen LogP contribution < -0.4 is 15.4 Å². The van der Waals surface area contributed by atoms with Crippen molar-refractivity contribution in [2.45, 2.75) is 59.1 Å². The van der Waals surface area contributed by atoms with Crippen molar-refractivity contribution in [2.75, 3.05) is 17.2 Å². The first kappa shape index (κ1) is 14.8. The van der Waals surface area contributed by atoms with E-state index in [1.807, 2.05) is 20.8 Å². The van der Waals surface area contributed by atoms with E-state index in [1.54, 1.807) is 0 Å². The third kappa shape index (κ3) is 4.83. The van der Waals surface area contributed by atoms with Crippen LogP contribution in [0.25, 0.3) is 0 Å². The molecule has 0 radical (unpaired) electrons. The Hall–Kier alpha value is -1.59. The lowest BCUT2D eigenvalue weighted by molar-refractivity contribution is 0.222. The fourth-order valence-corrected chi connectivity index (χ4v) is 2.05. The van der Waals surface area contributed by atoms with Crippen LogP contribution in [0.5, 0.6) is 6.01 Å². The molecule has 0 spiro atoms. The van der Waals surface area contributed by atoms with Crippen molar-refractivity contribution in [1.82, 2.24) is 15.0 Å². The molecule has 1 fully saturated rings. The zero-order valence-electron chi connectivity index (χ0n) is 12.8. The van der Waals surface area contributed by atoms with Gasteiger partial charge in [0.15, 0.2) is 0 Å². The van der Waals surface area contributed by atoms with Gasteiger partial charge in [-0.25, -0.2) is 0 Å². The average Bonchev–Trinajstić information content (AvgIpc) is 3.11. The molecular formula is C14H25N5O. The number of nitrogens with zero attached hydrogens (tertiary/aromatic N) is 3. The molecule has 1 saturated carbocycles. The van der Waals surface area contributed by atoms with E-state index in [2.05, 4.69) is 32.5 Å². The fourth-order valence-electron chi connectivity index (χ4n) is 2.05. The summed E-state index contributed by atoms with van der Waals surface area (Å²) in [4.78, 5) is 12.9. The molecule has 1 atom stereocenters. The third-order valence-electron chi connectivity index (χ3n) is 3.05. The van der Waals surface area contributed by atoms with Crippen LogP contribution in [0, 0.1) is 5.92 Å². The zero-order chi connectivity index (χ0) is 14.5. The molecule has 2 N–H and O–H groups in total. The highest BCUT2D eigenvalue weighted by atomic mass is 16.5. The lowest BCUT2D eigenvalue weighted by Crippen LogP contribution is -2.20. The van der Waals surface area contributed by atoms with Crippen LogP contribution in [-0.4, -0.2) is 33.6 Å². The summed E-state index contributed by atoms with van der Waals surface area (Å²) < 4.78 is 5.57. The standard InChI is InChI=1S/C14H25N5O/c1-5-15-12-17-13(16-10(4)8-11-6-7-11)19-14(18-12)20-9(2)3/h9-11H,5-8H2,1-4H3,(H2,15,16,17,18,19). The Kier molecular flexibility index (Phi) is 4.98. The second-order valence-electron chi connectivity index (χ2n) is 5.69. The first-order chi connectivity index (χ1) is 9.56. The molecule has 0 bridgehead atoms. The lowest BCUT2D eigenvalue weighted by atomic mass is 10.2. The van der Waals surface area contributed by atoms with Crippen LogP contribution in [0.1, 0.15) is 47.0 Å². The summed E-state index contributed by atoms with van der Waals surface area (Å²) >= 11 is 0. The number of rotatable bonds is 8. The number of hydrogen-bond donors (Lipinski definition) is 2. The summed E-state index contributed by atoms with van der Waals surface area (Å²) in [5, 5.41) is 6.45. The maximum Gasteiger partial charge on any atom is 0.323 e. The van der Waals surface area contributed by atoms with Gasteiger partial charge < -0.3 is 15.4 Å². The molecule has 0 amide bonds. The van der Waals surface area contributed by atoms with Crippen molar-refractivity contribution in [3.8, 4) is 6.01 Å². The Morgan fingerprint density at radius 1 is 1.15 bits per heavy atom. The average molecular weight is 279 g/mol. The summed E-state index contributed by atoms with van der Waals surface area (Å²) in [5.74, 6) is 2.01. The van der Waals surface area contributed by atoms with E-state index < -0.39 is 0 Å². The van der Waals surface area contributed by atoms with E-state index in [0.29, 0.717) is 23.9 Å². The van der Waals surface area contributed by atoms with Gasteiger partial charge in [0.25, 0.3) is 0 Å². The Morgan fingerprint density at radius 2 is 1.85 bits per heavy atom. The molecule has 1 aromatic rings. The van der Waals surface area contributed by atoms with Crippen molar-refractivity contribution in [3.63, 3.8) is 0 Å². The largest absolute Gasteiger partial charge is 0.461 e. The molecule has 6 heteroatoms. The minimum atomic E-state index is 0.0450. The molecule has 20 heavy (non-hydrogen) atoms. The molecule has 1 aliphatic rings.